The van der Waals surface area contributed by atoms with E-state index in [9.17, 15) is 8.42 Å². The van der Waals surface area contributed by atoms with Gasteiger partial charge in [-0.3, -0.25) is 0 Å². The van der Waals surface area contributed by atoms with Crippen molar-refractivity contribution in [2.75, 3.05) is 6.54 Å². The molecular weight excluding hydrogens is 292 g/mol. The molecule has 0 aliphatic heterocycles. The SMILES string of the molecule is O=S(=O)(NCCCn1cccc1)c1ccc(Cl)s1. The van der Waals surface area contributed by atoms with E-state index in [0.717, 1.165) is 24.3 Å². The molecule has 0 aliphatic rings. The number of nitrogens with zero attached hydrogens (tertiary/aromatic N) is 1. The Morgan fingerprint density at radius 1 is 1.28 bits per heavy atom. The normalized spacial score (nSPS) is 11.8. The van der Waals surface area contributed by atoms with Crippen LogP contribution < -0.4 is 4.72 Å². The van der Waals surface area contributed by atoms with Crippen LogP contribution >= 0.6 is 22.9 Å². The molecule has 2 heterocycles. The summed E-state index contributed by atoms with van der Waals surface area (Å²) >= 11 is 6.78. The summed E-state index contributed by atoms with van der Waals surface area (Å²) in [6, 6.07) is 6.98. The van der Waals surface area contributed by atoms with Gasteiger partial charge in [-0.25, -0.2) is 13.1 Å². The molecule has 0 bridgehead atoms. The highest BCUT2D eigenvalue weighted by Gasteiger charge is 2.15. The molecule has 2 aromatic heterocycles. The minimum absolute atomic E-state index is 0.258. The van der Waals surface area contributed by atoms with Gasteiger partial charge in [-0.2, -0.15) is 0 Å². The number of hydrogen-bond acceptors (Lipinski definition) is 3. The summed E-state index contributed by atoms with van der Waals surface area (Å²) in [6.07, 6.45) is 4.65. The zero-order valence-corrected chi connectivity index (χ0v) is 11.9. The van der Waals surface area contributed by atoms with E-state index >= 15 is 0 Å². The Kier molecular flexibility index (Phi) is 4.45. The van der Waals surface area contributed by atoms with Crippen molar-refractivity contribution in [2.24, 2.45) is 0 Å². The Labute approximate surface area is 115 Å². The van der Waals surface area contributed by atoms with Crippen LogP contribution in [0.5, 0.6) is 0 Å². The summed E-state index contributed by atoms with van der Waals surface area (Å²) in [4.78, 5) is 0. The number of hydrogen-bond donors (Lipinski definition) is 1. The fraction of sp³-hybridized carbons (Fsp3) is 0.273. The van der Waals surface area contributed by atoms with E-state index in [1.54, 1.807) is 6.07 Å². The average molecular weight is 305 g/mol. The predicted octanol–water partition coefficient (Wildman–Crippen LogP) is 2.57. The summed E-state index contributed by atoms with van der Waals surface area (Å²) in [5.74, 6) is 0. The lowest BCUT2D eigenvalue weighted by molar-refractivity contribution is 0.572. The van der Waals surface area contributed by atoms with Crippen molar-refractivity contribution < 1.29 is 8.42 Å². The molecule has 7 heteroatoms. The van der Waals surface area contributed by atoms with Gasteiger partial charge in [0.05, 0.1) is 4.34 Å². The molecule has 18 heavy (non-hydrogen) atoms. The zero-order chi connectivity index (χ0) is 13.0. The molecule has 0 saturated carbocycles. The standard InChI is InChI=1S/C11H13ClN2O2S2/c12-10-4-5-11(17-10)18(15,16)13-6-3-9-14-7-1-2-8-14/h1-2,4-5,7-8,13H,3,6,9H2. The van der Waals surface area contributed by atoms with Gasteiger partial charge in [-0.15, -0.1) is 11.3 Å². The van der Waals surface area contributed by atoms with Crippen molar-refractivity contribution in [3.63, 3.8) is 0 Å². The summed E-state index contributed by atoms with van der Waals surface area (Å²) < 4.78 is 29.0. The van der Waals surface area contributed by atoms with E-state index in [0.29, 0.717) is 10.9 Å². The third kappa shape index (κ3) is 3.58. The van der Waals surface area contributed by atoms with Gasteiger partial charge >= 0.3 is 0 Å². The maximum atomic E-state index is 11.8. The number of sulfonamides is 1. The quantitative estimate of drug-likeness (QED) is 0.834. The maximum absolute atomic E-state index is 11.8. The number of halogens is 1. The van der Waals surface area contributed by atoms with Crippen molar-refractivity contribution in [1.82, 2.24) is 9.29 Å². The van der Waals surface area contributed by atoms with Gasteiger partial charge in [0.1, 0.15) is 4.21 Å². The molecule has 1 N–H and O–H groups in total. The molecular formula is C11H13ClN2O2S2. The first-order chi connectivity index (χ1) is 8.58. The van der Waals surface area contributed by atoms with Crippen LogP contribution in [0, 0.1) is 0 Å². The Morgan fingerprint density at radius 2 is 2.00 bits per heavy atom. The van der Waals surface area contributed by atoms with Crippen molar-refractivity contribution in [2.45, 2.75) is 17.2 Å². The Hall–Kier alpha value is -0.820. The van der Waals surface area contributed by atoms with Crippen LogP contribution in [0.2, 0.25) is 4.34 Å². The third-order valence-electron chi connectivity index (χ3n) is 2.36. The molecule has 0 radical (unpaired) electrons. The minimum Gasteiger partial charge on any atom is -0.354 e. The highest BCUT2D eigenvalue weighted by molar-refractivity contribution is 7.91. The van der Waals surface area contributed by atoms with E-state index in [-0.39, 0.29) is 4.21 Å². The van der Waals surface area contributed by atoms with Crippen LogP contribution in [-0.2, 0) is 16.6 Å². The highest BCUT2D eigenvalue weighted by Crippen LogP contribution is 2.25. The second-order valence-electron chi connectivity index (χ2n) is 3.73. The van der Waals surface area contributed by atoms with E-state index < -0.39 is 10.0 Å². The van der Waals surface area contributed by atoms with E-state index in [1.165, 1.54) is 6.07 Å². The van der Waals surface area contributed by atoms with Crippen LogP contribution in [0.15, 0.2) is 40.9 Å². The van der Waals surface area contributed by atoms with Crippen molar-refractivity contribution in [3.8, 4) is 0 Å². The first-order valence-corrected chi connectivity index (χ1v) is 8.11. The summed E-state index contributed by atoms with van der Waals surface area (Å²) in [7, 11) is -3.41. The van der Waals surface area contributed by atoms with Gasteiger partial charge in [0.25, 0.3) is 0 Å². The lowest BCUT2D eigenvalue weighted by atomic mass is 10.4. The number of aryl methyl sites for hydroxylation is 1. The molecule has 0 spiro atoms. The smallest absolute Gasteiger partial charge is 0.250 e. The average Bonchev–Trinajstić information content (AvgIpc) is 2.95. The minimum atomic E-state index is -3.41. The van der Waals surface area contributed by atoms with E-state index in [2.05, 4.69) is 4.72 Å². The predicted molar refractivity (Wildman–Crippen MR) is 73.6 cm³/mol. The molecule has 0 saturated heterocycles. The second-order valence-corrected chi connectivity index (χ2v) is 7.44. The maximum Gasteiger partial charge on any atom is 0.250 e. The van der Waals surface area contributed by atoms with Crippen LogP contribution in [0.1, 0.15) is 6.42 Å². The van der Waals surface area contributed by atoms with Crippen molar-refractivity contribution >= 4 is 33.0 Å². The fourth-order valence-corrected chi connectivity index (χ4v) is 4.10. The third-order valence-corrected chi connectivity index (χ3v) is 5.55. The second kappa shape index (κ2) is 5.88. The van der Waals surface area contributed by atoms with Gasteiger partial charge in [-0.05, 0) is 30.7 Å². The Morgan fingerprint density at radius 3 is 2.61 bits per heavy atom. The fourth-order valence-electron chi connectivity index (χ4n) is 1.50. The van der Waals surface area contributed by atoms with Crippen LogP contribution in [0.4, 0.5) is 0 Å². The first kappa shape index (κ1) is 13.6. The molecule has 2 rings (SSSR count). The lowest BCUT2D eigenvalue weighted by Gasteiger charge is -2.05. The van der Waals surface area contributed by atoms with Gasteiger partial charge in [-0.1, -0.05) is 11.6 Å². The number of rotatable bonds is 6. The molecule has 0 unspecified atom stereocenters. The summed E-state index contributed by atoms with van der Waals surface area (Å²) in [5.41, 5.74) is 0. The van der Waals surface area contributed by atoms with Gasteiger partial charge < -0.3 is 4.57 Å². The van der Waals surface area contributed by atoms with E-state index in [4.69, 9.17) is 11.6 Å². The summed E-state index contributed by atoms with van der Waals surface area (Å²) in [6.45, 7) is 1.21. The molecule has 0 fully saturated rings. The topological polar surface area (TPSA) is 51.1 Å². The van der Waals surface area contributed by atoms with Gasteiger partial charge in [0.2, 0.25) is 10.0 Å². The number of aromatic nitrogens is 1. The Bertz CT molecular complexity index is 590. The van der Waals surface area contributed by atoms with Gasteiger partial charge in [0, 0.05) is 25.5 Å². The lowest BCUT2D eigenvalue weighted by Crippen LogP contribution is -2.24. The zero-order valence-electron chi connectivity index (χ0n) is 9.54. The van der Waals surface area contributed by atoms with Crippen molar-refractivity contribution in [1.29, 1.82) is 0 Å². The molecule has 98 valence electrons. The molecule has 4 nitrogen and oxygen atoms in total. The molecule has 0 aliphatic carbocycles. The number of thiophene rings is 1. The molecule has 2 aromatic rings. The first-order valence-electron chi connectivity index (χ1n) is 5.44. The van der Waals surface area contributed by atoms with Crippen LogP contribution in [0.3, 0.4) is 0 Å². The molecule has 0 atom stereocenters. The van der Waals surface area contributed by atoms with Crippen LogP contribution in [-0.4, -0.2) is 19.5 Å². The highest BCUT2D eigenvalue weighted by atomic mass is 35.5. The summed E-state index contributed by atoms with van der Waals surface area (Å²) in [5, 5.41) is 0. The molecule has 0 aromatic carbocycles. The monoisotopic (exact) mass is 304 g/mol. The largest absolute Gasteiger partial charge is 0.354 e. The number of nitrogens with one attached hydrogen (secondary N) is 1. The van der Waals surface area contributed by atoms with Crippen molar-refractivity contribution in [3.05, 3.63) is 41.0 Å². The molecule has 0 amide bonds. The van der Waals surface area contributed by atoms with Gasteiger partial charge in [0.15, 0.2) is 0 Å². The van der Waals surface area contributed by atoms with Crippen LogP contribution in [0.25, 0.3) is 0 Å². The van der Waals surface area contributed by atoms with E-state index in [1.807, 2.05) is 29.1 Å². The Balaban J connectivity index is 1.82.